The molecule has 2 N–H and O–H groups in total. The molecule has 0 amide bonds. The third kappa shape index (κ3) is 11.1. The van der Waals surface area contributed by atoms with Crippen LogP contribution in [0.25, 0.3) is 0 Å². The zero-order valence-electron chi connectivity index (χ0n) is 12.5. The minimum atomic E-state index is 0. The predicted molar refractivity (Wildman–Crippen MR) is 92.1 cm³/mol. The van der Waals surface area contributed by atoms with Crippen molar-refractivity contribution in [2.45, 2.75) is 40.0 Å². The van der Waals surface area contributed by atoms with E-state index in [-0.39, 0.29) is 24.0 Å². The van der Waals surface area contributed by atoms with Crippen molar-refractivity contribution in [3.05, 3.63) is 0 Å². The van der Waals surface area contributed by atoms with Crippen molar-refractivity contribution in [3.63, 3.8) is 0 Å². The number of nitrogens with one attached hydrogen (secondary N) is 2. The molecule has 0 aromatic rings. The Morgan fingerprint density at radius 2 is 1.56 bits per heavy atom. The molecule has 0 fully saturated rings. The van der Waals surface area contributed by atoms with Gasteiger partial charge in [0, 0.05) is 20.1 Å². The highest BCUT2D eigenvalue weighted by molar-refractivity contribution is 14.0. The molecular weight excluding hydrogens is 339 g/mol. The Kier molecular flexibility index (Phi) is 16.9. The second kappa shape index (κ2) is 15.0. The number of halogens is 1. The molecule has 4 nitrogen and oxygen atoms in total. The molecule has 18 heavy (non-hydrogen) atoms. The second-order valence-corrected chi connectivity index (χ2v) is 4.16. The van der Waals surface area contributed by atoms with Gasteiger partial charge in [-0.25, -0.2) is 0 Å². The van der Waals surface area contributed by atoms with Gasteiger partial charge >= 0.3 is 0 Å². The van der Waals surface area contributed by atoms with Gasteiger partial charge in [-0.05, 0) is 32.5 Å². The van der Waals surface area contributed by atoms with Gasteiger partial charge in [-0.2, -0.15) is 0 Å². The minimum Gasteiger partial charge on any atom is -0.356 e. The monoisotopic (exact) mass is 370 g/mol. The number of unbranched alkanes of at least 4 members (excludes halogenated alkanes) is 1. The van der Waals surface area contributed by atoms with Crippen LogP contribution in [0.2, 0.25) is 0 Å². The first-order valence-electron chi connectivity index (χ1n) is 6.95. The summed E-state index contributed by atoms with van der Waals surface area (Å²) in [7, 11) is 1.83. The van der Waals surface area contributed by atoms with E-state index >= 15 is 0 Å². The molecule has 0 saturated heterocycles. The molecule has 5 heteroatoms. The van der Waals surface area contributed by atoms with Gasteiger partial charge in [-0.15, -0.1) is 24.0 Å². The third-order valence-corrected chi connectivity index (χ3v) is 2.88. The van der Waals surface area contributed by atoms with Crippen molar-refractivity contribution in [3.8, 4) is 0 Å². The number of hydrogen-bond acceptors (Lipinski definition) is 2. The van der Waals surface area contributed by atoms with Crippen LogP contribution in [0.15, 0.2) is 4.99 Å². The lowest BCUT2D eigenvalue weighted by atomic mass is 10.3. The minimum absolute atomic E-state index is 0. The summed E-state index contributed by atoms with van der Waals surface area (Å²) >= 11 is 0. The zero-order valence-corrected chi connectivity index (χ0v) is 14.8. The van der Waals surface area contributed by atoms with Gasteiger partial charge in [0.15, 0.2) is 5.96 Å². The molecule has 0 rings (SSSR count). The highest BCUT2D eigenvalue weighted by atomic mass is 127. The molecule has 0 aliphatic heterocycles. The smallest absolute Gasteiger partial charge is 0.190 e. The summed E-state index contributed by atoms with van der Waals surface area (Å²) in [6.07, 6.45) is 3.57. The van der Waals surface area contributed by atoms with Crippen LogP contribution >= 0.6 is 24.0 Å². The SMILES string of the molecule is CCCCNC(=NC)NCCCN(CC)CC.I. The molecule has 0 atom stereocenters. The fraction of sp³-hybridized carbons (Fsp3) is 0.923. The van der Waals surface area contributed by atoms with Crippen molar-refractivity contribution in [2.24, 2.45) is 4.99 Å². The summed E-state index contributed by atoms with van der Waals surface area (Å²) in [6, 6.07) is 0. The van der Waals surface area contributed by atoms with Crippen LogP contribution in [0.1, 0.15) is 40.0 Å². The highest BCUT2D eigenvalue weighted by Crippen LogP contribution is 1.89. The number of guanidine groups is 1. The molecule has 0 aliphatic carbocycles. The summed E-state index contributed by atoms with van der Waals surface area (Å²) in [5, 5.41) is 6.66. The maximum absolute atomic E-state index is 4.20. The van der Waals surface area contributed by atoms with Gasteiger partial charge in [0.1, 0.15) is 0 Å². The van der Waals surface area contributed by atoms with Gasteiger partial charge in [-0.3, -0.25) is 4.99 Å². The fourth-order valence-corrected chi connectivity index (χ4v) is 1.65. The number of aliphatic imine (C=N–C) groups is 1. The lowest BCUT2D eigenvalue weighted by molar-refractivity contribution is 0.300. The van der Waals surface area contributed by atoms with Gasteiger partial charge in [-0.1, -0.05) is 27.2 Å². The van der Waals surface area contributed by atoms with Crippen LogP contribution in [0.5, 0.6) is 0 Å². The normalized spacial score (nSPS) is 11.3. The third-order valence-electron chi connectivity index (χ3n) is 2.88. The van der Waals surface area contributed by atoms with Crippen LogP contribution in [0.4, 0.5) is 0 Å². The Hall–Kier alpha value is -0.0400. The van der Waals surface area contributed by atoms with Gasteiger partial charge in [0.25, 0.3) is 0 Å². The molecule has 0 radical (unpaired) electrons. The molecule has 0 saturated carbocycles. The Morgan fingerprint density at radius 1 is 1.00 bits per heavy atom. The fourth-order valence-electron chi connectivity index (χ4n) is 1.65. The van der Waals surface area contributed by atoms with E-state index in [4.69, 9.17) is 0 Å². The van der Waals surface area contributed by atoms with Crippen molar-refractivity contribution >= 4 is 29.9 Å². The zero-order chi connectivity index (χ0) is 12.9. The topological polar surface area (TPSA) is 39.7 Å². The molecule has 0 aliphatic rings. The van der Waals surface area contributed by atoms with E-state index < -0.39 is 0 Å². The summed E-state index contributed by atoms with van der Waals surface area (Å²) in [5.41, 5.74) is 0. The summed E-state index contributed by atoms with van der Waals surface area (Å²) < 4.78 is 0. The van der Waals surface area contributed by atoms with E-state index in [1.54, 1.807) is 0 Å². The van der Waals surface area contributed by atoms with Crippen molar-refractivity contribution in [1.29, 1.82) is 0 Å². The van der Waals surface area contributed by atoms with Crippen LogP contribution in [0.3, 0.4) is 0 Å². The maximum Gasteiger partial charge on any atom is 0.190 e. The van der Waals surface area contributed by atoms with E-state index in [2.05, 4.69) is 41.3 Å². The van der Waals surface area contributed by atoms with Crippen molar-refractivity contribution in [1.82, 2.24) is 15.5 Å². The van der Waals surface area contributed by atoms with E-state index in [9.17, 15) is 0 Å². The molecule has 0 heterocycles. The Balaban J connectivity index is 0. The molecule has 0 spiro atoms. The quantitative estimate of drug-likeness (QED) is 0.283. The Bertz CT molecular complexity index is 193. The van der Waals surface area contributed by atoms with Crippen molar-refractivity contribution < 1.29 is 0 Å². The number of hydrogen-bond donors (Lipinski definition) is 2. The largest absolute Gasteiger partial charge is 0.356 e. The number of nitrogens with zero attached hydrogens (tertiary/aromatic N) is 2. The molecular formula is C13H31IN4. The average molecular weight is 370 g/mol. The maximum atomic E-state index is 4.20. The average Bonchev–Trinajstić information content (AvgIpc) is 2.37. The van der Waals surface area contributed by atoms with Gasteiger partial charge in [0.2, 0.25) is 0 Å². The van der Waals surface area contributed by atoms with Crippen LogP contribution in [-0.2, 0) is 0 Å². The Labute approximate surface area is 130 Å². The van der Waals surface area contributed by atoms with E-state index in [1.165, 1.54) is 12.8 Å². The van der Waals surface area contributed by atoms with Crippen LogP contribution < -0.4 is 10.6 Å². The second-order valence-electron chi connectivity index (χ2n) is 4.16. The molecule has 0 aromatic carbocycles. The molecule has 110 valence electrons. The molecule has 0 aromatic heterocycles. The van der Waals surface area contributed by atoms with Gasteiger partial charge in [0.05, 0.1) is 0 Å². The number of rotatable bonds is 9. The van der Waals surface area contributed by atoms with E-state index in [1.807, 2.05) is 7.05 Å². The summed E-state index contributed by atoms with van der Waals surface area (Å²) in [4.78, 5) is 6.64. The van der Waals surface area contributed by atoms with Crippen LogP contribution in [0, 0.1) is 0 Å². The van der Waals surface area contributed by atoms with Crippen LogP contribution in [-0.4, -0.2) is 50.6 Å². The lowest BCUT2D eigenvalue weighted by Crippen LogP contribution is -2.39. The van der Waals surface area contributed by atoms with Crippen molar-refractivity contribution in [2.75, 3.05) is 39.8 Å². The Morgan fingerprint density at radius 3 is 2.00 bits per heavy atom. The van der Waals surface area contributed by atoms with Gasteiger partial charge < -0.3 is 15.5 Å². The molecule has 0 bridgehead atoms. The molecule has 0 unspecified atom stereocenters. The first-order chi connectivity index (χ1) is 8.28. The summed E-state index contributed by atoms with van der Waals surface area (Å²) in [6.45, 7) is 12.0. The highest BCUT2D eigenvalue weighted by Gasteiger charge is 1.99. The first-order valence-corrected chi connectivity index (χ1v) is 6.95. The lowest BCUT2D eigenvalue weighted by Gasteiger charge is -2.18. The van der Waals surface area contributed by atoms with E-state index in [0.717, 1.165) is 45.1 Å². The predicted octanol–water partition coefficient (Wildman–Crippen LogP) is 2.30. The summed E-state index contributed by atoms with van der Waals surface area (Å²) in [5.74, 6) is 0.929. The standard InChI is InChI=1S/C13H30N4.HI/c1-5-8-10-15-13(14-4)16-11-9-12-17(6-2)7-3;/h5-12H2,1-4H3,(H2,14,15,16);1H. The van der Waals surface area contributed by atoms with E-state index in [0.29, 0.717) is 0 Å². The first kappa shape index (κ1) is 20.3.